The molecular formula is C14H19N5OS2. The van der Waals surface area contributed by atoms with Gasteiger partial charge in [0.05, 0.1) is 11.4 Å². The molecule has 118 valence electrons. The molecule has 0 saturated carbocycles. The van der Waals surface area contributed by atoms with Crippen LogP contribution in [0, 0.1) is 6.92 Å². The van der Waals surface area contributed by atoms with Crippen molar-refractivity contribution in [1.29, 1.82) is 0 Å². The molecular weight excluding hydrogens is 318 g/mol. The summed E-state index contributed by atoms with van der Waals surface area (Å²) in [6, 6.07) is 0. The summed E-state index contributed by atoms with van der Waals surface area (Å²) < 4.78 is 0.842. The van der Waals surface area contributed by atoms with Crippen LogP contribution in [0.5, 0.6) is 0 Å². The van der Waals surface area contributed by atoms with E-state index in [2.05, 4.69) is 25.7 Å². The van der Waals surface area contributed by atoms with Crippen molar-refractivity contribution in [2.45, 2.75) is 43.4 Å². The van der Waals surface area contributed by atoms with Crippen LogP contribution in [0.2, 0.25) is 0 Å². The number of thioether (sulfide) groups is 1. The van der Waals surface area contributed by atoms with E-state index in [4.69, 9.17) is 0 Å². The van der Waals surface area contributed by atoms with Crippen LogP contribution in [-0.2, 0) is 24.1 Å². The number of hydrogen-bond acceptors (Lipinski definition) is 6. The van der Waals surface area contributed by atoms with Gasteiger partial charge in [0.2, 0.25) is 5.91 Å². The normalized spacial score (nSPS) is 13.9. The number of hydrogen-bond donors (Lipinski definition) is 2. The highest BCUT2D eigenvalue weighted by molar-refractivity contribution is 8.01. The minimum Gasteiger partial charge on any atom is -0.355 e. The number of fused-ring (bicyclic) bond motifs is 1. The smallest absolute Gasteiger partial charge is 0.230 e. The number of carbonyl (C=O) groups is 1. The molecule has 2 N–H and O–H groups in total. The number of aromatic amines is 1. The van der Waals surface area contributed by atoms with E-state index in [0.29, 0.717) is 12.3 Å². The summed E-state index contributed by atoms with van der Waals surface area (Å²) in [7, 11) is 0. The van der Waals surface area contributed by atoms with Gasteiger partial charge in [0.1, 0.15) is 5.01 Å². The van der Waals surface area contributed by atoms with E-state index in [1.54, 1.807) is 0 Å². The zero-order valence-electron chi connectivity index (χ0n) is 12.5. The molecule has 0 bridgehead atoms. The van der Waals surface area contributed by atoms with Crippen molar-refractivity contribution < 1.29 is 4.79 Å². The van der Waals surface area contributed by atoms with Crippen molar-refractivity contribution in [3.8, 4) is 0 Å². The van der Waals surface area contributed by atoms with E-state index in [9.17, 15) is 4.79 Å². The monoisotopic (exact) mass is 337 g/mol. The van der Waals surface area contributed by atoms with Crippen LogP contribution in [0.15, 0.2) is 4.34 Å². The second kappa shape index (κ2) is 7.23. The van der Waals surface area contributed by atoms with Crippen LogP contribution in [0.1, 0.15) is 34.8 Å². The molecule has 0 spiro atoms. The summed E-state index contributed by atoms with van der Waals surface area (Å²) >= 11 is 2.94. The van der Waals surface area contributed by atoms with E-state index in [1.165, 1.54) is 47.2 Å². The Labute approximate surface area is 137 Å². The molecule has 1 aliphatic rings. The minimum atomic E-state index is 0.0299. The second-order valence-electron chi connectivity index (χ2n) is 5.31. The number of carbonyl (C=O) groups excluding carboxylic acids is 1. The first kappa shape index (κ1) is 15.5. The van der Waals surface area contributed by atoms with Crippen molar-refractivity contribution in [2.24, 2.45) is 0 Å². The molecule has 0 fully saturated rings. The van der Waals surface area contributed by atoms with Gasteiger partial charge >= 0.3 is 0 Å². The van der Waals surface area contributed by atoms with Crippen LogP contribution in [0.25, 0.3) is 0 Å². The number of nitrogens with zero attached hydrogens (tertiary/aromatic N) is 3. The van der Waals surface area contributed by atoms with Gasteiger partial charge in [-0.3, -0.25) is 9.89 Å². The Bertz CT molecular complexity index is 651. The fraction of sp³-hybridized carbons (Fsp3) is 0.571. The molecule has 6 nitrogen and oxygen atoms in total. The Morgan fingerprint density at radius 2 is 2.23 bits per heavy atom. The third-order valence-electron chi connectivity index (χ3n) is 3.66. The average Bonchev–Trinajstić information content (AvgIpc) is 3.12. The van der Waals surface area contributed by atoms with E-state index >= 15 is 0 Å². The van der Waals surface area contributed by atoms with Crippen molar-refractivity contribution in [3.05, 3.63) is 22.0 Å². The van der Waals surface area contributed by atoms with Crippen LogP contribution < -0.4 is 5.32 Å². The number of H-pyrrole nitrogens is 1. The highest BCUT2D eigenvalue weighted by Crippen LogP contribution is 2.22. The molecule has 0 saturated heterocycles. The lowest BCUT2D eigenvalue weighted by Gasteiger charge is -2.11. The van der Waals surface area contributed by atoms with Crippen molar-refractivity contribution in [3.63, 3.8) is 0 Å². The summed E-state index contributed by atoms with van der Waals surface area (Å²) in [6.07, 6.45) is 5.49. The maximum Gasteiger partial charge on any atom is 0.230 e. The molecule has 0 aromatic carbocycles. The second-order valence-corrected chi connectivity index (χ2v) is 7.71. The van der Waals surface area contributed by atoms with Gasteiger partial charge in [-0.1, -0.05) is 23.1 Å². The van der Waals surface area contributed by atoms with E-state index < -0.39 is 0 Å². The average molecular weight is 337 g/mol. The molecule has 2 aromatic rings. The molecule has 2 heterocycles. The van der Waals surface area contributed by atoms with Gasteiger partial charge in [-0.25, -0.2) is 0 Å². The lowest BCUT2D eigenvalue weighted by atomic mass is 9.95. The van der Waals surface area contributed by atoms with E-state index in [-0.39, 0.29) is 5.91 Å². The first-order chi connectivity index (χ1) is 10.7. The van der Waals surface area contributed by atoms with Crippen LogP contribution >= 0.6 is 23.1 Å². The Morgan fingerprint density at radius 1 is 1.36 bits per heavy atom. The van der Waals surface area contributed by atoms with Crippen LogP contribution in [0.4, 0.5) is 0 Å². The zero-order valence-corrected chi connectivity index (χ0v) is 14.1. The number of aryl methyl sites for hydroxylation is 2. The van der Waals surface area contributed by atoms with Crippen molar-refractivity contribution in [2.75, 3.05) is 12.3 Å². The summed E-state index contributed by atoms with van der Waals surface area (Å²) in [5.74, 6) is 0.412. The topological polar surface area (TPSA) is 83.6 Å². The molecule has 22 heavy (non-hydrogen) atoms. The predicted octanol–water partition coefficient (Wildman–Crippen LogP) is 1.90. The largest absolute Gasteiger partial charge is 0.355 e. The van der Waals surface area contributed by atoms with Gasteiger partial charge in [-0.2, -0.15) is 5.10 Å². The highest BCUT2D eigenvalue weighted by atomic mass is 32.2. The number of aromatic nitrogens is 4. The van der Waals surface area contributed by atoms with E-state index in [1.807, 2.05) is 6.92 Å². The zero-order chi connectivity index (χ0) is 15.4. The third kappa shape index (κ3) is 3.86. The SMILES string of the molecule is Cc1nnc(SCC(=O)NCCc2n[nH]c3c2CCCC3)s1. The van der Waals surface area contributed by atoms with Crippen molar-refractivity contribution in [1.82, 2.24) is 25.7 Å². The molecule has 0 aliphatic heterocycles. The maximum atomic E-state index is 11.8. The van der Waals surface area contributed by atoms with Gasteiger partial charge in [0.15, 0.2) is 4.34 Å². The highest BCUT2D eigenvalue weighted by Gasteiger charge is 2.16. The molecule has 0 unspecified atom stereocenters. The third-order valence-corrected chi connectivity index (χ3v) is 5.63. The van der Waals surface area contributed by atoms with Gasteiger partial charge in [0.25, 0.3) is 0 Å². The van der Waals surface area contributed by atoms with Crippen LogP contribution in [0.3, 0.4) is 0 Å². The summed E-state index contributed by atoms with van der Waals surface area (Å²) in [4.78, 5) is 11.8. The molecule has 8 heteroatoms. The standard InChI is InChI=1S/C14H19N5OS2/c1-9-16-19-14(22-9)21-8-13(20)15-7-6-12-10-4-2-3-5-11(10)17-18-12/h2-8H2,1H3,(H,15,20)(H,17,18). The first-order valence-corrected chi connectivity index (χ1v) is 9.27. The van der Waals surface area contributed by atoms with Crippen LogP contribution in [-0.4, -0.2) is 38.6 Å². The lowest BCUT2D eigenvalue weighted by molar-refractivity contribution is -0.118. The molecule has 1 aliphatic carbocycles. The Balaban J connectivity index is 1.41. The van der Waals surface area contributed by atoms with Gasteiger partial charge in [-0.05, 0) is 38.2 Å². The predicted molar refractivity (Wildman–Crippen MR) is 87.3 cm³/mol. The molecule has 0 radical (unpaired) electrons. The minimum absolute atomic E-state index is 0.0299. The van der Waals surface area contributed by atoms with Gasteiger partial charge < -0.3 is 5.32 Å². The van der Waals surface area contributed by atoms with E-state index in [0.717, 1.165) is 34.3 Å². The maximum absolute atomic E-state index is 11.8. The number of nitrogens with one attached hydrogen (secondary N) is 2. The van der Waals surface area contributed by atoms with Gasteiger partial charge in [0, 0.05) is 18.7 Å². The quantitative estimate of drug-likeness (QED) is 0.787. The lowest BCUT2D eigenvalue weighted by Crippen LogP contribution is -2.27. The summed E-state index contributed by atoms with van der Waals surface area (Å²) in [6.45, 7) is 2.54. The molecule has 0 atom stereocenters. The fourth-order valence-corrected chi connectivity index (χ4v) is 4.24. The molecule has 1 amide bonds. The number of rotatable bonds is 6. The Hall–Kier alpha value is -1.41. The summed E-state index contributed by atoms with van der Waals surface area (Å²) in [5.41, 5.74) is 3.77. The van der Waals surface area contributed by atoms with Gasteiger partial charge in [-0.15, -0.1) is 10.2 Å². The Kier molecular flexibility index (Phi) is 5.09. The summed E-state index contributed by atoms with van der Waals surface area (Å²) in [5, 5.41) is 19.3. The molecule has 2 aromatic heterocycles. The Morgan fingerprint density at radius 3 is 3.05 bits per heavy atom. The van der Waals surface area contributed by atoms with Crippen molar-refractivity contribution >= 4 is 29.0 Å². The molecule has 3 rings (SSSR count). The number of amides is 1. The fourth-order valence-electron chi connectivity index (χ4n) is 2.59. The first-order valence-electron chi connectivity index (χ1n) is 7.47.